The first-order valence-electron chi connectivity index (χ1n) is 34.9. The molecule has 1 atom stereocenters. The average molecular weight is 1120 g/mol. The van der Waals surface area contributed by atoms with Crippen LogP contribution in [-0.2, 0) is 28.6 Å². The van der Waals surface area contributed by atoms with Crippen LogP contribution in [0.1, 0.15) is 361 Å². The van der Waals surface area contributed by atoms with Gasteiger partial charge in [0.2, 0.25) is 0 Å². The topological polar surface area (TPSA) is 78.9 Å². The summed E-state index contributed by atoms with van der Waals surface area (Å²) in [5.74, 6) is -0.873. The van der Waals surface area contributed by atoms with Gasteiger partial charge >= 0.3 is 17.9 Å². The lowest BCUT2D eigenvalue weighted by atomic mass is 10.0. The molecule has 464 valence electrons. The highest BCUT2D eigenvalue weighted by Gasteiger charge is 2.19. The molecule has 0 aromatic heterocycles. The van der Waals surface area contributed by atoms with E-state index in [0.29, 0.717) is 19.3 Å². The van der Waals surface area contributed by atoms with Crippen molar-refractivity contribution in [3.05, 3.63) is 72.9 Å². The first-order chi connectivity index (χ1) is 39.5. The van der Waals surface area contributed by atoms with Crippen LogP contribution in [0.15, 0.2) is 72.9 Å². The Morgan fingerprint density at radius 2 is 0.487 bits per heavy atom. The van der Waals surface area contributed by atoms with Crippen LogP contribution in [0.4, 0.5) is 0 Å². The second-order valence-electron chi connectivity index (χ2n) is 23.4. The molecule has 0 aromatic rings. The molecule has 1 unspecified atom stereocenters. The molecule has 0 radical (unpaired) electrons. The Labute approximate surface area is 497 Å². The molecule has 6 nitrogen and oxygen atoms in total. The second-order valence-corrected chi connectivity index (χ2v) is 23.4. The zero-order valence-electron chi connectivity index (χ0n) is 53.3. The maximum atomic E-state index is 12.9. The largest absolute Gasteiger partial charge is 0.462 e. The fraction of sp³-hybridized carbons (Fsp3) is 0.797. The molecule has 0 bridgehead atoms. The summed E-state index contributed by atoms with van der Waals surface area (Å²) in [4.78, 5) is 38.0. The number of rotatable bonds is 64. The van der Waals surface area contributed by atoms with Crippen LogP contribution in [-0.4, -0.2) is 37.2 Å². The van der Waals surface area contributed by atoms with Gasteiger partial charge in [0.1, 0.15) is 13.2 Å². The van der Waals surface area contributed by atoms with E-state index >= 15 is 0 Å². The molecule has 0 aliphatic carbocycles. The monoisotopic (exact) mass is 1120 g/mol. The van der Waals surface area contributed by atoms with Gasteiger partial charge in [0.15, 0.2) is 6.10 Å². The number of carbonyl (C=O) groups excluding carboxylic acids is 3. The number of esters is 3. The molecule has 0 saturated carbocycles. The fourth-order valence-corrected chi connectivity index (χ4v) is 10.3. The van der Waals surface area contributed by atoms with Crippen LogP contribution in [0.3, 0.4) is 0 Å². The smallest absolute Gasteiger partial charge is 0.306 e. The zero-order valence-corrected chi connectivity index (χ0v) is 53.3. The lowest BCUT2D eigenvalue weighted by Gasteiger charge is -2.18. The number of carbonyl (C=O) groups is 3. The molecule has 6 heteroatoms. The maximum absolute atomic E-state index is 12.9. The number of hydrogen-bond acceptors (Lipinski definition) is 6. The minimum absolute atomic E-state index is 0.0736. The van der Waals surface area contributed by atoms with Crippen LogP contribution in [0, 0.1) is 0 Å². The van der Waals surface area contributed by atoms with Crippen molar-refractivity contribution in [1.82, 2.24) is 0 Å². The molecule has 0 spiro atoms. The van der Waals surface area contributed by atoms with E-state index in [2.05, 4.69) is 93.7 Å². The summed E-state index contributed by atoms with van der Waals surface area (Å²) in [6, 6.07) is 0. The fourth-order valence-electron chi connectivity index (χ4n) is 10.3. The Morgan fingerprint density at radius 3 is 0.762 bits per heavy atom. The molecule has 0 amide bonds. The van der Waals surface area contributed by atoms with Crippen LogP contribution in [0.25, 0.3) is 0 Å². The highest BCUT2D eigenvalue weighted by molar-refractivity contribution is 5.71. The predicted molar refractivity (Wildman–Crippen MR) is 348 cm³/mol. The first kappa shape index (κ1) is 76.9. The normalized spacial score (nSPS) is 12.5. The minimum Gasteiger partial charge on any atom is -0.462 e. The van der Waals surface area contributed by atoms with E-state index in [9.17, 15) is 14.4 Å². The summed E-state index contributed by atoms with van der Waals surface area (Å²) in [5.41, 5.74) is 0. The molecular weight excluding hydrogens is 985 g/mol. The van der Waals surface area contributed by atoms with E-state index in [-0.39, 0.29) is 31.1 Å². The van der Waals surface area contributed by atoms with Crippen LogP contribution >= 0.6 is 0 Å². The van der Waals surface area contributed by atoms with Gasteiger partial charge in [-0.15, -0.1) is 0 Å². The molecule has 0 rings (SSSR count). The van der Waals surface area contributed by atoms with Crippen molar-refractivity contribution in [3.63, 3.8) is 0 Å². The Kier molecular flexibility index (Phi) is 65.7. The molecule has 0 N–H and O–H groups in total. The molecule has 80 heavy (non-hydrogen) atoms. The van der Waals surface area contributed by atoms with E-state index in [1.54, 1.807) is 0 Å². The third-order valence-corrected chi connectivity index (χ3v) is 15.5. The number of allylic oxidation sites excluding steroid dienone is 12. The Balaban J connectivity index is 3.98. The molecule has 0 aromatic carbocycles. The summed E-state index contributed by atoms with van der Waals surface area (Å²) in [6.45, 7) is 6.49. The van der Waals surface area contributed by atoms with Crippen molar-refractivity contribution >= 4 is 17.9 Å². The standard InChI is InChI=1S/C74H132O6/c1-4-7-10-13-15-17-19-21-23-25-27-29-31-33-35-37-39-40-42-44-46-48-50-52-54-56-58-61-64-67-73(76)79-70-71(69-78-72(75)66-63-60-12-9-6-3)80-74(77)68-65-62-59-57-55-53-51-49-47-45-43-41-38-36-34-32-30-28-26-24-22-20-18-16-14-11-8-5-2/h7,10,15,17,21,23,27,29,33,35,39-40,71H,4-6,8-9,11-14,16,18-20,22,24-26,28,30-32,34,36-38,41-70H2,1-3H3/b10-7-,17-15-,23-21-,29-27-,35-33-,40-39-. The van der Waals surface area contributed by atoms with Gasteiger partial charge in [0, 0.05) is 19.3 Å². The third-order valence-electron chi connectivity index (χ3n) is 15.5. The summed E-state index contributed by atoms with van der Waals surface area (Å²) >= 11 is 0. The summed E-state index contributed by atoms with van der Waals surface area (Å²) < 4.78 is 16.8. The van der Waals surface area contributed by atoms with Gasteiger partial charge < -0.3 is 14.2 Å². The minimum atomic E-state index is -0.772. The third kappa shape index (κ3) is 65.7. The van der Waals surface area contributed by atoms with E-state index in [0.717, 1.165) is 103 Å². The highest BCUT2D eigenvalue weighted by atomic mass is 16.6. The van der Waals surface area contributed by atoms with Gasteiger partial charge in [-0.3, -0.25) is 14.4 Å². The van der Waals surface area contributed by atoms with Crippen molar-refractivity contribution in [3.8, 4) is 0 Å². The predicted octanol–water partition coefficient (Wildman–Crippen LogP) is 24.1. The number of unbranched alkanes of at least 4 members (excludes halogenated alkanes) is 41. The van der Waals surface area contributed by atoms with Gasteiger partial charge in [-0.2, -0.15) is 0 Å². The summed E-state index contributed by atoms with van der Waals surface area (Å²) in [7, 11) is 0. The van der Waals surface area contributed by atoms with Crippen LogP contribution in [0.5, 0.6) is 0 Å². The van der Waals surface area contributed by atoms with E-state index < -0.39 is 6.10 Å². The lowest BCUT2D eigenvalue weighted by Crippen LogP contribution is -2.30. The first-order valence-corrected chi connectivity index (χ1v) is 34.9. The Morgan fingerprint density at radius 1 is 0.263 bits per heavy atom. The van der Waals surface area contributed by atoms with Crippen molar-refractivity contribution < 1.29 is 28.6 Å². The molecule has 0 fully saturated rings. The maximum Gasteiger partial charge on any atom is 0.306 e. The van der Waals surface area contributed by atoms with Gasteiger partial charge in [-0.1, -0.05) is 344 Å². The van der Waals surface area contributed by atoms with Crippen molar-refractivity contribution in [2.45, 2.75) is 367 Å². The molecule has 0 heterocycles. The highest BCUT2D eigenvalue weighted by Crippen LogP contribution is 2.18. The number of hydrogen-bond donors (Lipinski definition) is 0. The molecule has 0 aliphatic heterocycles. The zero-order chi connectivity index (χ0) is 57.8. The van der Waals surface area contributed by atoms with Gasteiger partial charge in [-0.05, 0) is 70.6 Å². The van der Waals surface area contributed by atoms with Crippen molar-refractivity contribution in [2.24, 2.45) is 0 Å². The SMILES string of the molecule is CC/C=C\C/C=C\C/C=C\C/C=C\C/C=C\C/C=C\CCCCCCCCCCCCC(=O)OCC(COC(=O)CCCCCCC)OC(=O)CCCCCCCCCCCCCCCCCCCCCCCCCCCCCC. The molecule has 0 saturated heterocycles. The second kappa shape index (κ2) is 68.3. The van der Waals surface area contributed by atoms with Crippen LogP contribution in [0.2, 0.25) is 0 Å². The lowest BCUT2D eigenvalue weighted by molar-refractivity contribution is -0.167. The van der Waals surface area contributed by atoms with Gasteiger partial charge in [0.25, 0.3) is 0 Å². The van der Waals surface area contributed by atoms with Crippen molar-refractivity contribution in [2.75, 3.05) is 13.2 Å². The molecular formula is C74H132O6. The van der Waals surface area contributed by atoms with Crippen LogP contribution < -0.4 is 0 Å². The Bertz CT molecular complexity index is 1470. The van der Waals surface area contributed by atoms with Gasteiger partial charge in [-0.25, -0.2) is 0 Å². The quantitative estimate of drug-likeness (QED) is 0.0261. The van der Waals surface area contributed by atoms with Crippen molar-refractivity contribution in [1.29, 1.82) is 0 Å². The average Bonchev–Trinajstić information content (AvgIpc) is 3.46. The van der Waals surface area contributed by atoms with E-state index in [1.165, 1.54) is 218 Å². The van der Waals surface area contributed by atoms with E-state index in [1.807, 2.05) is 0 Å². The van der Waals surface area contributed by atoms with Gasteiger partial charge in [0.05, 0.1) is 0 Å². The number of ether oxygens (including phenoxy) is 3. The Hall–Kier alpha value is -3.15. The molecule has 0 aliphatic rings. The van der Waals surface area contributed by atoms with E-state index in [4.69, 9.17) is 14.2 Å². The summed E-state index contributed by atoms with van der Waals surface area (Å²) in [6.07, 6.45) is 89.9. The summed E-state index contributed by atoms with van der Waals surface area (Å²) in [5, 5.41) is 0.